The van der Waals surface area contributed by atoms with Gasteiger partial charge in [-0.15, -0.1) is 0 Å². The Labute approximate surface area is 245 Å². The summed E-state index contributed by atoms with van der Waals surface area (Å²) < 4.78 is 9.74. The number of pyridine rings is 2. The molecule has 5 aromatic rings. The lowest BCUT2D eigenvalue weighted by atomic mass is 10.1. The summed E-state index contributed by atoms with van der Waals surface area (Å²) >= 11 is 0. The number of hydrogen-bond donors (Lipinski definition) is 2. The number of nitrogens with zero attached hydrogens (tertiary/aromatic N) is 6. The van der Waals surface area contributed by atoms with Crippen molar-refractivity contribution in [3.8, 4) is 5.75 Å². The Morgan fingerprint density at radius 1 is 1.19 bits per heavy atom. The molecular weight excluding hydrogens is 528 g/mol. The Morgan fingerprint density at radius 2 is 2.05 bits per heavy atom. The lowest BCUT2D eigenvalue weighted by Crippen LogP contribution is -2.50. The third-order valence-corrected chi connectivity index (χ3v) is 7.78. The van der Waals surface area contributed by atoms with Crippen LogP contribution in [0.25, 0.3) is 16.6 Å². The van der Waals surface area contributed by atoms with Crippen LogP contribution in [0.2, 0.25) is 0 Å². The highest BCUT2D eigenvalue weighted by Crippen LogP contribution is 2.28. The van der Waals surface area contributed by atoms with E-state index in [-0.39, 0.29) is 5.91 Å². The van der Waals surface area contributed by atoms with E-state index in [0.717, 1.165) is 59.9 Å². The van der Waals surface area contributed by atoms with Crippen LogP contribution in [0.3, 0.4) is 0 Å². The monoisotopic (exact) mass is 566 g/mol. The molecule has 218 valence electrons. The molecule has 10 nitrogen and oxygen atoms in total. The van der Waals surface area contributed by atoms with Gasteiger partial charge in [0.2, 0.25) is 0 Å². The molecule has 1 unspecified atom stereocenters. The molecule has 0 saturated carbocycles. The molecule has 1 aromatic carbocycles. The predicted molar refractivity (Wildman–Crippen MR) is 164 cm³/mol. The Balaban J connectivity index is 1.16. The van der Waals surface area contributed by atoms with Gasteiger partial charge in [0.15, 0.2) is 0 Å². The van der Waals surface area contributed by atoms with E-state index in [1.807, 2.05) is 60.3 Å². The Bertz CT molecular complexity index is 1720. The largest absolute Gasteiger partial charge is 0.492 e. The first-order valence-electron chi connectivity index (χ1n) is 14.6. The topological polar surface area (TPSA) is 102 Å². The highest BCUT2D eigenvalue weighted by molar-refractivity contribution is 6.08. The molecule has 0 spiro atoms. The lowest BCUT2D eigenvalue weighted by Gasteiger charge is -2.31. The van der Waals surface area contributed by atoms with Crippen LogP contribution < -0.4 is 15.4 Å². The van der Waals surface area contributed by atoms with E-state index in [4.69, 9.17) is 14.8 Å². The highest BCUT2D eigenvalue weighted by Gasteiger charge is 2.18. The number of rotatable bonds is 9. The first kappa shape index (κ1) is 27.9. The van der Waals surface area contributed by atoms with Gasteiger partial charge >= 0.3 is 0 Å². The molecule has 1 fully saturated rings. The third kappa shape index (κ3) is 5.86. The van der Waals surface area contributed by atoms with Crippen molar-refractivity contribution in [2.45, 2.75) is 46.2 Å². The summed E-state index contributed by atoms with van der Waals surface area (Å²) in [6, 6.07) is 16.2. The van der Waals surface area contributed by atoms with Gasteiger partial charge in [-0.1, -0.05) is 26.0 Å². The molecule has 4 aromatic heterocycles. The molecule has 1 aliphatic rings. The minimum absolute atomic E-state index is 0.241. The van der Waals surface area contributed by atoms with Crippen LogP contribution in [-0.2, 0) is 6.54 Å². The highest BCUT2D eigenvalue weighted by atomic mass is 16.5. The molecule has 42 heavy (non-hydrogen) atoms. The number of piperazine rings is 1. The smallest absolute Gasteiger partial charge is 0.274 e. The Morgan fingerprint density at radius 3 is 2.88 bits per heavy atom. The van der Waals surface area contributed by atoms with Crippen LogP contribution in [0, 0.1) is 6.92 Å². The van der Waals surface area contributed by atoms with Crippen molar-refractivity contribution in [1.82, 2.24) is 34.4 Å². The molecule has 6 rings (SSSR count). The fourth-order valence-electron chi connectivity index (χ4n) is 5.62. The van der Waals surface area contributed by atoms with Crippen LogP contribution in [-0.4, -0.2) is 73.8 Å². The molecule has 1 saturated heterocycles. The zero-order valence-electron chi connectivity index (χ0n) is 24.7. The van der Waals surface area contributed by atoms with Crippen molar-refractivity contribution in [1.29, 1.82) is 0 Å². The number of amides is 1. The van der Waals surface area contributed by atoms with Gasteiger partial charge in [0.05, 0.1) is 35.3 Å². The van der Waals surface area contributed by atoms with Crippen LogP contribution in [0.5, 0.6) is 5.75 Å². The standard InChI is InChI=1S/C32H38N8O2/c1-21(2)26-8-5-7-24(35-26)20-40-28-10-6-9-27(31(28)23(4)37-40)36-32(41)29-18-34-30-17-25(11-13-39(29)30)42-16-15-38-14-12-33-22(3)19-38/h5-11,13,17-18,21-22,33H,12,14-16,19-20H2,1-4H3,(H,36,41). The molecular formula is C32H38N8O2. The minimum Gasteiger partial charge on any atom is -0.492 e. The van der Waals surface area contributed by atoms with Crippen LogP contribution in [0.15, 0.2) is 60.9 Å². The third-order valence-electron chi connectivity index (χ3n) is 7.78. The molecule has 1 aliphatic heterocycles. The maximum Gasteiger partial charge on any atom is 0.274 e. The number of carbonyl (C=O) groups is 1. The molecule has 1 amide bonds. The maximum absolute atomic E-state index is 13.5. The summed E-state index contributed by atoms with van der Waals surface area (Å²) in [5.74, 6) is 0.854. The van der Waals surface area contributed by atoms with Gasteiger partial charge in [-0.3, -0.25) is 23.8 Å². The molecule has 2 N–H and O–H groups in total. The fraction of sp³-hybridized carbons (Fsp3) is 0.375. The number of hydrogen-bond acceptors (Lipinski definition) is 7. The molecule has 1 atom stereocenters. The first-order valence-corrected chi connectivity index (χ1v) is 14.6. The number of nitrogens with one attached hydrogen (secondary N) is 2. The number of fused-ring (bicyclic) bond motifs is 2. The van der Waals surface area contributed by atoms with Crippen molar-refractivity contribution < 1.29 is 9.53 Å². The normalized spacial score (nSPS) is 16.0. The summed E-state index contributed by atoms with van der Waals surface area (Å²) in [6.45, 7) is 13.5. The quantitative estimate of drug-likeness (QED) is 0.271. The summed E-state index contributed by atoms with van der Waals surface area (Å²) in [5.41, 5.74) is 5.61. The van der Waals surface area contributed by atoms with Crippen molar-refractivity contribution in [3.63, 3.8) is 0 Å². The molecule has 0 radical (unpaired) electrons. The number of benzene rings is 1. The van der Waals surface area contributed by atoms with Gasteiger partial charge in [0.25, 0.3) is 5.91 Å². The predicted octanol–water partition coefficient (Wildman–Crippen LogP) is 4.48. The summed E-state index contributed by atoms with van der Waals surface area (Å²) in [7, 11) is 0. The van der Waals surface area contributed by atoms with E-state index in [9.17, 15) is 4.79 Å². The molecule has 5 heterocycles. The average Bonchev–Trinajstić information content (AvgIpc) is 3.54. The molecule has 0 bridgehead atoms. The summed E-state index contributed by atoms with van der Waals surface area (Å²) in [5, 5.41) is 12.3. The van der Waals surface area contributed by atoms with Gasteiger partial charge in [-0.25, -0.2) is 4.98 Å². The van der Waals surface area contributed by atoms with E-state index in [2.05, 4.69) is 47.4 Å². The van der Waals surface area contributed by atoms with Gasteiger partial charge in [-0.2, -0.15) is 5.10 Å². The Kier molecular flexibility index (Phi) is 7.90. The summed E-state index contributed by atoms with van der Waals surface area (Å²) in [6.07, 6.45) is 3.43. The number of ether oxygens (including phenoxy) is 1. The Hall–Kier alpha value is -4.28. The first-order chi connectivity index (χ1) is 20.4. The van der Waals surface area contributed by atoms with Crippen LogP contribution in [0.4, 0.5) is 5.69 Å². The van der Waals surface area contributed by atoms with Crippen molar-refractivity contribution in [3.05, 3.63) is 83.7 Å². The fourth-order valence-corrected chi connectivity index (χ4v) is 5.62. The number of aryl methyl sites for hydroxylation is 1. The minimum atomic E-state index is -0.241. The van der Waals surface area contributed by atoms with Gasteiger partial charge in [-0.05, 0) is 50.1 Å². The number of aromatic nitrogens is 5. The van der Waals surface area contributed by atoms with Crippen molar-refractivity contribution in [2.24, 2.45) is 0 Å². The second-order valence-electron chi connectivity index (χ2n) is 11.3. The van der Waals surface area contributed by atoms with E-state index >= 15 is 0 Å². The summed E-state index contributed by atoms with van der Waals surface area (Å²) in [4.78, 5) is 25.1. The SMILES string of the molecule is Cc1nn(Cc2cccc(C(C)C)n2)c2cccc(NC(=O)c3cnc4cc(OCCN5CCNC(C)C5)ccn34)c12. The lowest BCUT2D eigenvalue weighted by molar-refractivity contribution is 0.102. The van der Waals surface area contributed by atoms with E-state index in [1.165, 1.54) is 0 Å². The number of carbonyl (C=O) groups excluding carboxylic acids is 1. The van der Waals surface area contributed by atoms with Crippen molar-refractivity contribution in [2.75, 3.05) is 38.1 Å². The van der Waals surface area contributed by atoms with Gasteiger partial charge < -0.3 is 15.4 Å². The van der Waals surface area contributed by atoms with E-state index < -0.39 is 0 Å². The van der Waals surface area contributed by atoms with Crippen LogP contribution in [0.1, 0.15) is 54.3 Å². The number of anilines is 1. The van der Waals surface area contributed by atoms with Gasteiger partial charge in [0.1, 0.15) is 23.7 Å². The zero-order valence-corrected chi connectivity index (χ0v) is 24.7. The number of imidazole rings is 1. The van der Waals surface area contributed by atoms with E-state index in [1.54, 1.807) is 10.6 Å². The second kappa shape index (κ2) is 11.9. The van der Waals surface area contributed by atoms with E-state index in [0.29, 0.717) is 42.1 Å². The van der Waals surface area contributed by atoms with Crippen LogP contribution >= 0.6 is 0 Å². The molecule has 10 heteroatoms. The average molecular weight is 567 g/mol. The maximum atomic E-state index is 13.5. The second-order valence-corrected chi connectivity index (χ2v) is 11.3. The molecule has 0 aliphatic carbocycles. The van der Waals surface area contributed by atoms with Crippen molar-refractivity contribution >= 4 is 28.1 Å². The van der Waals surface area contributed by atoms with Gasteiger partial charge in [0, 0.05) is 55.6 Å². The zero-order chi connectivity index (χ0) is 29.2.